The summed E-state index contributed by atoms with van der Waals surface area (Å²) in [6, 6.07) is 3.57. The van der Waals surface area contributed by atoms with Crippen LogP contribution in [0.5, 0.6) is 0 Å². The third-order valence-corrected chi connectivity index (χ3v) is 5.67. The van der Waals surface area contributed by atoms with Gasteiger partial charge in [0.15, 0.2) is 0 Å². The Morgan fingerprint density at radius 2 is 2.24 bits per heavy atom. The van der Waals surface area contributed by atoms with E-state index in [1.165, 1.54) is 0 Å². The van der Waals surface area contributed by atoms with Crippen LogP contribution in [0.1, 0.15) is 31.6 Å². The summed E-state index contributed by atoms with van der Waals surface area (Å²) in [6.07, 6.45) is 5.69. The highest BCUT2D eigenvalue weighted by Gasteiger charge is 2.32. The van der Waals surface area contributed by atoms with Gasteiger partial charge in [-0.05, 0) is 38.2 Å². The molecule has 5 nitrogen and oxygen atoms in total. The van der Waals surface area contributed by atoms with Gasteiger partial charge in [-0.15, -0.1) is 0 Å². The van der Waals surface area contributed by atoms with Crippen molar-refractivity contribution in [3.05, 3.63) is 24.2 Å². The number of amides is 2. The maximum atomic E-state index is 12.3. The molecule has 2 heterocycles. The van der Waals surface area contributed by atoms with Crippen LogP contribution in [0.3, 0.4) is 0 Å². The first-order chi connectivity index (χ1) is 10.1. The Kier molecular flexibility index (Phi) is 5.58. The maximum absolute atomic E-state index is 12.3. The summed E-state index contributed by atoms with van der Waals surface area (Å²) < 4.78 is 10.9. The predicted molar refractivity (Wildman–Crippen MR) is 84.6 cm³/mol. The molecule has 1 aromatic rings. The van der Waals surface area contributed by atoms with Crippen LogP contribution in [-0.4, -0.2) is 48.7 Å². The van der Waals surface area contributed by atoms with Gasteiger partial charge in [0.2, 0.25) is 0 Å². The molecular weight excluding hydrogens is 288 g/mol. The highest BCUT2D eigenvalue weighted by molar-refractivity contribution is 8.00. The summed E-state index contributed by atoms with van der Waals surface area (Å²) in [5.74, 6) is 0.790. The first-order valence-corrected chi connectivity index (χ1v) is 8.47. The lowest BCUT2D eigenvalue weighted by molar-refractivity contribution is 0.0771. The quantitative estimate of drug-likeness (QED) is 0.908. The molecule has 1 fully saturated rings. The number of rotatable bonds is 5. The Hall–Kier alpha value is -1.14. The van der Waals surface area contributed by atoms with E-state index in [-0.39, 0.29) is 16.8 Å². The van der Waals surface area contributed by atoms with E-state index in [1.807, 2.05) is 30.8 Å². The molecule has 2 rings (SSSR count). The van der Waals surface area contributed by atoms with Gasteiger partial charge in [0.25, 0.3) is 0 Å². The second kappa shape index (κ2) is 7.22. The molecule has 1 aliphatic heterocycles. The second-order valence-electron chi connectivity index (χ2n) is 5.46. The Bertz CT molecular complexity index is 444. The molecule has 0 radical (unpaired) electrons. The smallest absolute Gasteiger partial charge is 0.317 e. The second-order valence-corrected chi connectivity index (χ2v) is 6.73. The van der Waals surface area contributed by atoms with Crippen LogP contribution >= 0.6 is 11.8 Å². The molecule has 21 heavy (non-hydrogen) atoms. The molecule has 6 heteroatoms. The fraction of sp³-hybridized carbons (Fsp3) is 0.667. The number of furan rings is 1. The predicted octanol–water partition coefficient (Wildman–Crippen LogP) is 2.89. The molecule has 0 aliphatic carbocycles. The summed E-state index contributed by atoms with van der Waals surface area (Å²) in [5.41, 5.74) is 0. The van der Waals surface area contributed by atoms with E-state index in [9.17, 15) is 4.79 Å². The summed E-state index contributed by atoms with van der Waals surface area (Å²) in [4.78, 5) is 14.0. The van der Waals surface area contributed by atoms with Crippen molar-refractivity contribution in [2.75, 3.05) is 33.1 Å². The van der Waals surface area contributed by atoms with Gasteiger partial charge in [-0.25, -0.2) is 4.79 Å². The number of carbonyl (C=O) groups is 1. The Morgan fingerprint density at radius 3 is 2.81 bits per heavy atom. The van der Waals surface area contributed by atoms with Crippen LogP contribution in [0.25, 0.3) is 0 Å². The first kappa shape index (κ1) is 16.2. The molecule has 0 aromatic carbocycles. The number of hydrogen-bond acceptors (Lipinski definition) is 4. The number of hydrogen-bond donors (Lipinski definition) is 1. The van der Waals surface area contributed by atoms with Gasteiger partial charge in [0.05, 0.1) is 12.3 Å². The monoisotopic (exact) mass is 312 g/mol. The van der Waals surface area contributed by atoms with Gasteiger partial charge < -0.3 is 19.4 Å². The van der Waals surface area contributed by atoms with Crippen molar-refractivity contribution in [2.45, 2.75) is 30.6 Å². The minimum Gasteiger partial charge on any atom is -0.467 e. The van der Waals surface area contributed by atoms with Crippen LogP contribution in [0, 0.1) is 0 Å². The van der Waals surface area contributed by atoms with Crippen molar-refractivity contribution < 1.29 is 13.9 Å². The molecule has 2 amide bonds. The van der Waals surface area contributed by atoms with Crippen molar-refractivity contribution in [1.29, 1.82) is 0 Å². The third kappa shape index (κ3) is 3.95. The number of thioether (sulfide) groups is 1. The Morgan fingerprint density at radius 1 is 1.52 bits per heavy atom. The van der Waals surface area contributed by atoms with E-state index in [1.54, 1.807) is 18.2 Å². The summed E-state index contributed by atoms with van der Waals surface area (Å²) in [6.45, 7) is 4.17. The van der Waals surface area contributed by atoms with Gasteiger partial charge >= 0.3 is 6.03 Å². The van der Waals surface area contributed by atoms with Crippen LogP contribution in [0.15, 0.2) is 22.8 Å². The Balaban J connectivity index is 1.88. The molecule has 118 valence electrons. The minimum atomic E-state index is -0.0834. The summed E-state index contributed by atoms with van der Waals surface area (Å²) >= 11 is 1.82. The van der Waals surface area contributed by atoms with Crippen molar-refractivity contribution >= 4 is 17.8 Å². The van der Waals surface area contributed by atoms with E-state index in [4.69, 9.17) is 9.15 Å². The molecular formula is C15H24N2O3S. The van der Waals surface area contributed by atoms with Crippen molar-refractivity contribution in [3.63, 3.8) is 0 Å². The molecule has 0 bridgehead atoms. The van der Waals surface area contributed by atoms with Gasteiger partial charge in [-0.2, -0.15) is 11.8 Å². The lowest BCUT2D eigenvalue weighted by atomic mass is 9.99. The number of urea groups is 1. The molecule has 1 N–H and O–H groups in total. The minimum absolute atomic E-state index is 0.0705. The average Bonchev–Trinajstić information content (AvgIpc) is 3.06. The number of carbonyl (C=O) groups excluding carboxylic acids is 1. The zero-order valence-corrected chi connectivity index (χ0v) is 13.7. The van der Waals surface area contributed by atoms with E-state index < -0.39 is 0 Å². The highest BCUT2D eigenvalue weighted by Crippen LogP contribution is 2.33. The summed E-state index contributed by atoms with van der Waals surface area (Å²) in [7, 11) is 1.79. The molecule has 0 spiro atoms. The molecule has 1 saturated heterocycles. The Labute approximate surface area is 130 Å². The average molecular weight is 312 g/mol. The SMILES string of the molecule is CSC1(CNC(=O)N(C)[C@@H](C)c2ccco2)CCOCC1. The fourth-order valence-corrected chi connectivity index (χ4v) is 3.25. The van der Waals surface area contributed by atoms with Crippen LogP contribution in [-0.2, 0) is 4.74 Å². The normalized spacial score (nSPS) is 19.0. The zero-order valence-electron chi connectivity index (χ0n) is 12.9. The largest absolute Gasteiger partial charge is 0.467 e. The van der Waals surface area contributed by atoms with Crippen LogP contribution in [0.4, 0.5) is 4.79 Å². The first-order valence-electron chi connectivity index (χ1n) is 7.25. The van der Waals surface area contributed by atoms with Gasteiger partial charge in [-0.1, -0.05) is 0 Å². The van der Waals surface area contributed by atoms with Crippen LogP contribution in [0.2, 0.25) is 0 Å². The number of nitrogens with zero attached hydrogens (tertiary/aromatic N) is 1. The van der Waals surface area contributed by atoms with Crippen molar-refractivity contribution in [2.24, 2.45) is 0 Å². The maximum Gasteiger partial charge on any atom is 0.317 e. The topological polar surface area (TPSA) is 54.7 Å². The zero-order chi connectivity index (χ0) is 15.3. The summed E-state index contributed by atoms with van der Waals surface area (Å²) in [5, 5.41) is 3.06. The van der Waals surface area contributed by atoms with Gasteiger partial charge in [-0.3, -0.25) is 0 Å². The van der Waals surface area contributed by atoms with Crippen LogP contribution < -0.4 is 5.32 Å². The lowest BCUT2D eigenvalue weighted by Gasteiger charge is -2.36. The molecule has 1 aromatic heterocycles. The number of nitrogens with one attached hydrogen (secondary N) is 1. The van der Waals surface area contributed by atoms with E-state index >= 15 is 0 Å². The highest BCUT2D eigenvalue weighted by atomic mass is 32.2. The van der Waals surface area contributed by atoms with Crippen molar-refractivity contribution in [3.8, 4) is 0 Å². The molecule has 0 saturated carbocycles. The number of ether oxygens (including phenoxy) is 1. The van der Waals surface area contributed by atoms with Crippen molar-refractivity contribution in [1.82, 2.24) is 10.2 Å². The van der Waals surface area contributed by atoms with E-state index in [0.29, 0.717) is 6.54 Å². The van der Waals surface area contributed by atoms with Gasteiger partial charge in [0, 0.05) is 31.6 Å². The lowest BCUT2D eigenvalue weighted by Crippen LogP contribution is -2.48. The van der Waals surface area contributed by atoms with Gasteiger partial charge in [0.1, 0.15) is 5.76 Å². The molecule has 0 unspecified atom stereocenters. The third-order valence-electron chi connectivity index (χ3n) is 4.26. The molecule has 1 atom stereocenters. The molecule has 1 aliphatic rings. The standard InChI is InChI=1S/C15H24N2O3S/c1-12(13-5-4-8-20-13)17(2)14(18)16-11-15(21-3)6-9-19-10-7-15/h4-5,8,12H,6-7,9-11H2,1-3H3,(H,16,18)/t12-/m0/s1. The fourth-order valence-electron chi connectivity index (χ4n) is 2.45. The van der Waals surface area contributed by atoms with E-state index in [0.717, 1.165) is 31.8 Å². The van der Waals surface area contributed by atoms with E-state index in [2.05, 4.69) is 11.6 Å².